The van der Waals surface area contributed by atoms with Gasteiger partial charge < -0.3 is 10.6 Å². The number of hydrogen-bond donors (Lipinski definition) is 1. The van der Waals surface area contributed by atoms with E-state index in [1.807, 2.05) is 0 Å². The lowest BCUT2D eigenvalue weighted by molar-refractivity contribution is -0.134. The molecule has 1 heterocycles. The van der Waals surface area contributed by atoms with E-state index in [1.165, 1.54) is 0 Å². The molecular formula is C13H25N3O. The van der Waals surface area contributed by atoms with Gasteiger partial charge in [-0.15, -0.1) is 0 Å². The van der Waals surface area contributed by atoms with Crippen LogP contribution in [0.1, 0.15) is 20.3 Å². The molecule has 1 aliphatic carbocycles. The summed E-state index contributed by atoms with van der Waals surface area (Å²) in [6.07, 6.45) is 1.10. The van der Waals surface area contributed by atoms with E-state index >= 15 is 0 Å². The largest absolute Gasteiger partial charge is 0.340 e. The van der Waals surface area contributed by atoms with Crippen LogP contribution in [0.15, 0.2) is 0 Å². The molecule has 2 rings (SSSR count). The molecule has 1 saturated carbocycles. The highest BCUT2D eigenvalue weighted by atomic mass is 16.2. The predicted octanol–water partition coefficient (Wildman–Crippen LogP) is 0.381. The molecule has 4 nitrogen and oxygen atoms in total. The number of carbonyl (C=O) groups excluding carboxylic acids is 1. The monoisotopic (exact) mass is 239 g/mol. The number of hydrogen-bond acceptors (Lipinski definition) is 3. The van der Waals surface area contributed by atoms with Gasteiger partial charge in [-0.25, -0.2) is 0 Å². The van der Waals surface area contributed by atoms with Crippen LogP contribution in [-0.2, 0) is 4.79 Å². The molecule has 1 aliphatic heterocycles. The smallest absolute Gasteiger partial charge is 0.226 e. The molecule has 0 radical (unpaired) electrons. The Morgan fingerprint density at radius 3 is 2.41 bits per heavy atom. The molecule has 1 saturated heterocycles. The van der Waals surface area contributed by atoms with Crippen molar-refractivity contribution in [3.05, 3.63) is 0 Å². The fourth-order valence-corrected chi connectivity index (χ4v) is 2.57. The van der Waals surface area contributed by atoms with Crippen molar-refractivity contribution in [2.75, 3.05) is 39.3 Å². The SMILES string of the molecule is CC(CN)CN1CCN(C(=O)C2CC2C)CC1. The van der Waals surface area contributed by atoms with Crippen molar-refractivity contribution in [1.29, 1.82) is 0 Å². The first-order valence-corrected chi connectivity index (χ1v) is 6.83. The Morgan fingerprint density at radius 2 is 1.94 bits per heavy atom. The zero-order valence-electron chi connectivity index (χ0n) is 11.1. The number of rotatable bonds is 4. The van der Waals surface area contributed by atoms with Crippen LogP contribution in [-0.4, -0.2) is 55.0 Å². The minimum absolute atomic E-state index is 0.338. The number of carbonyl (C=O) groups is 1. The fourth-order valence-electron chi connectivity index (χ4n) is 2.57. The van der Waals surface area contributed by atoms with Crippen molar-refractivity contribution in [2.24, 2.45) is 23.5 Å². The van der Waals surface area contributed by atoms with Gasteiger partial charge in [-0.1, -0.05) is 13.8 Å². The molecular weight excluding hydrogens is 214 g/mol. The van der Waals surface area contributed by atoms with E-state index in [1.54, 1.807) is 0 Å². The van der Waals surface area contributed by atoms with Crippen LogP contribution >= 0.6 is 0 Å². The van der Waals surface area contributed by atoms with Crippen molar-refractivity contribution in [2.45, 2.75) is 20.3 Å². The number of amides is 1. The average molecular weight is 239 g/mol. The van der Waals surface area contributed by atoms with Gasteiger partial charge in [-0.05, 0) is 24.8 Å². The second kappa shape index (κ2) is 5.36. The van der Waals surface area contributed by atoms with Crippen LogP contribution in [0.3, 0.4) is 0 Å². The van der Waals surface area contributed by atoms with Gasteiger partial charge in [0.1, 0.15) is 0 Å². The molecule has 1 amide bonds. The van der Waals surface area contributed by atoms with Gasteiger partial charge in [-0.2, -0.15) is 0 Å². The van der Waals surface area contributed by atoms with Crippen molar-refractivity contribution >= 4 is 5.91 Å². The zero-order chi connectivity index (χ0) is 12.4. The topological polar surface area (TPSA) is 49.6 Å². The molecule has 4 heteroatoms. The van der Waals surface area contributed by atoms with E-state index in [-0.39, 0.29) is 0 Å². The highest BCUT2D eigenvalue weighted by Crippen LogP contribution is 2.39. The standard InChI is InChI=1S/C13H25N3O/c1-10(8-14)9-15-3-5-16(6-4-15)13(17)12-7-11(12)2/h10-12H,3-9,14H2,1-2H3. The number of nitrogens with two attached hydrogens (primary N) is 1. The van der Waals surface area contributed by atoms with E-state index in [9.17, 15) is 4.79 Å². The first-order valence-electron chi connectivity index (χ1n) is 6.83. The van der Waals surface area contributed by atoms with E-state index in [4.69, 9.17) is 5.73 Å². The van der Waals surface area contributed by atoms with Crippen LogP contribution in [0, 0.1) is 17.8 Å². The number of piperazine rings is 1. The maximum Gasteiger partial charge on any atom is 0.226 e. The molecule has 0 aromatic rings. The third-order valence-electron chi connectivity index (χ3n) is 4.08. The Bertz CT molecular complexity index is 274. The van der Waals surface area contributed by atoms with Crippen LogP contribution in [0.2, 0.25) is 0 Å². The summed E-state index contributed by atoms with van der Waals surface area (Å²) in [5, 5.41) is 0. The summed E-state index contributed by atoms with van der Waals surface area (Å²) in [7, 11) is 0. The van der Waals surface area contributed by atoms with Gasteiger partial charge in [0.2, 0.25) is 5.91 Å². The summed E-state index contributed by atoms with van der Waals surface area (Å²) in [6, 6.07) is 0. The fraction of sp³-hybridized carbons (Fsp3) is 0.923. The van der Waals surface area contributed by atoms with E-state index < -0.39 is 0 Å². The second-order valence-corrected chi connectivity index (χ2v) is 5.79. The lowest BCUT2D eigenvalue weighted by Gasteiger charge is -2.36. The zero-order valence-corrected chi connectivity index (χ0v) is 11.1. The summed E-state index contributed by atoms with van der Waals surface area (Å²) in [5.41, 5.74) is 5.64. The third-order valence-corrected chi connectivity index (χ3v) is 4.08. The predicted molar refractivity (Wildman–Crippen MR) is 68.5 cm³/mol. The summed E-state index contributed by atoms with van der Waals surface area (Å²) in [6.45, 7) is 10.00. The Morgan fingerprint density at radius 1 is 1.35 bits per heavy atom. The average Bonchev–Trinajstić information content (AvgIpc) is 3.06. The lowest BCUT2D eigenvalue weighted by Crippen LogP contribution is -2.50. The molecule has 3 atom stereocenters. The van der Waals surface area contributed by atoms with Crippen LogP contribution in [0.5, 0.6) is 0 Å². The first-order chi connectivity index (χ1) is 8.11. The summed E-state index contributed by atoms with van der Waals surface area (Å²) >= 11 is 0. The van der Waals surface area contributed by atoms with Gasteiger partial charge in [0, 0.05) is 38.6 Å². The lowest BCUT2D eigenvalue weighted by atomic mass is 10.1. The minimum Gasteiger partial charge on any atom is -0.340 e. The van der Waals surface area contributed by atoms with Crippen molar-refractivity contribution in [3.63, 3.8) is 0 Å². The maximum absolute atomic E-state index is 12.0. The van der Waals surface area contributed by atoms with Crippen molar-refractivity contribution < 1.29 is 4.79 Å². The normalized spacial score (nSPS) is 31.4. The first kappa shape index (κ1) is 12.8. The maximum atomic E-state index is 12.0. The number of nitrogens with zero attached hydrogens (tertiary/aromatic N) is 2. The highest BCUT2D eigenvalue weighted by Gasteiger charge is 2.41. The summed E-state index contributed by atoms with van der Waals surface area (Å²) in [4.78, 5) is 16.5. The Balaban J connectivity index is 1.72. The second-order valence-electron chi connectivity index (χ2n) is 5.79. The summed E-state index contributed by atoms with van der Waals surface area (Å²) < 4.78 is 0. The van der Waals surface area contributed by atoms with Crippen molar-refractivity contribution in [3.8, 4) is 0 Å². The highest BCUT2D eigenvalue weighted by molar-refractivity contribution is 5.81. The molecule has 2 fully saturated rings. The van der Waals surface area contributed by atoms with Gasteiger partial charge in [0.05, 0.1) is 0 Å². The minimum atomic E-state index is 0.338. The third kappa shape index (κ3) is 3.19. The van der Waals surface area contributed by atoms with Crippen LogP contribution in [0.4, 0.5) is 0 Å². The molecule has 0 aromatic carbocycles. The summed E-state index contributed by atoms with van der Waals surface area (Å²) in [5.74, 6) is 1.91. The van der Waals surface area contributed by atoms with E-state index in [2.05, 4.69) is 23.6 Å². The molecule has 3 unspecified atom stereocenters. The molecule has 17 heavy (non-hydrogen) atoms. The van der Waals surface area contributed by atoms with E-state index in [0.717, 1.165) is 45.7 Å². The molecule has 2 aliphatic rings. The van der Waals surface area contributed by atoms with Crippen molar-refractivity contribution in [1.82, 2.24) is 9.80 Å². The van der Waals surface area contributed by atoms with Crippen LogP contribution < -0.4 is 5.73 Å². The van der Waals surface area contributed by atoms with Gasteiger partial charge in [0.15, 0.2) is 0 Å². The molecule has 0 spiro atoms. The van der Waals surface area contributed by atoms with Gasteiger partial charge in [-0.3, -0.25) is 9.69 Å². The van der Waals surface area contributed by atoms with Gasteiger partial charge >= 0.3 is 0 Å². The molecule has 98 valence electrons. The Kier molecular flexibility index (Phi) is 4.05. The van der Waals surface area contributed by atoms with E-state index in [0.29, 0.717) is 23.7 Å². The molecule has 0 aromatic heterocycles. The van der Waals surface area contributed by atoms with Crippen LogP contribution in [0.25, 0.3) is 0 Å². The molecule has 2 N–H and O–H groups in total. The quantitative estimate of drug-likeness (QED) is 0.771. The molecule has 0 bridgehead atoms. The van der Waals surface area contributed by atoms with Gasteiger partial charge in [0.25, 0.3) is 0 Å². The Hall–Kier alpha value is -0.610. The Labute approximate surface area is 104 Å².